The third-order valence-corrected chi connectivity index (χ3v) is 1.41. The van der Waals surface area contributed by atoms with Gasteiger partial charge in [-0.3, -0.25) is 4.79 Å². The number of rotatable bonds is 4. The number of ether oxygens (including phenoxy) is 1. The maximum absolute atomic E-state index is 12.0. The molecule has 0 heterocycles. The number of halogens is 3. The summed E-state index contributed by atoms with van der Waals surface area (Å²) in [6.07, 6.45) is -3.99. The minimum absolute atomic E-state index is 0.0783. The number of Topliss-reactive ketones (excluding diaryl/α,β-unsaturated/α-hetero) is 1. The number of allylic oxidation sites excluding steroid dienone is 1. The molecule has 0 N–H and O–H groups in total. The van der Waals surface area contributed by atoms with Gasteiger partial charge in [0.1, 0.15) is 5.57 Å². The first-order valence-electron chi connectivity index (χ1n) is 4.33. The van der Waals surface area contributed by atoms with E-state index in [1.807, 2.05) is 0 Å². The maximum atomic E-state index is 12.0. The van der Waals surface area contributed by atoms with E-state index in [1.165, 1.54) is 13.8 Å². The molecule has 0 rings (SSSR count). The van der Waals surface area contributed by atoms with E-state index in [-0.39, 0.29) is 13.0 Å². The van der Waals surface area contributed by atoms with Crippen LogP contribution in [0.25, 0.3) is 0 Å². The summed E-state index contributed by atoms with van der Waals surface area (Å²) in [6.45, 7) is 2.88. The minimum atomic E-state index is -5.05. The van der Waals surface area contributed by atoms with Crippen molar-refractivity contribution in [3.8, 4) is 0 Å². The van der Waals surface area contributed by atoms with Gasteiger partial charge in [-0.2, -0.15) is 13.2 Å². The van der Waals surface area contributed by atoms with Gasteiger partial charge in [-0.1, -0.05) is 13.0 Å². The molecule has 0 aliphatic heterocycles. The van der Waals surface area contributed by atoms with Gasteiger partial charge in [0.2, 0.25) is 0 Å². The molecule has 15 heavy (non-hydrogen) atoms. The third kappa shape index (κ3) is 4.14. The van der Waals surface area contributed by atoms with E-state index in [1.54, 1.807) is 0 Å². The van der Waals surface area contributed by atoms with Crippen LogP contribution in [-0.4, -0.2) is 24.5 Å². The topological polar surface area (TPSA) is 43.4 Å². The van der Waals surface area contributed by atoms with Crippen LogP contribution in [-0.2, 0) is 14.3 Å². The summed E-state index contributed by atoms with van der Waals surface area (Å²) >= 11 is 0. The number of ketones is 1. The van der Waals surface area contributed by atoms with Gasteiger partial charge in [-0.05, 0) is 13.3 Å². The number of carbonyl (C=O) groups is 2. The molecule has 0 unspecified atom stereocenters. The van der Waals surface area contributed by atoms with Crippen LogP contribution < -0.4 is 0 Å². The summed E-state index contributed by atoms with van der Waals surface area (Å²) in [5.74, 6) is -3.40. The SMILES string of the molecule is CCC=C(C(=O)OCC)C(=O)C(F)(F)F. The number of alkyl halides is 3. The molecule has 0 saturated carbocycles. The Labute approximate surface area is 84.9 Å². The van der Waals surface area contributed by atoms with Crippen LogP contribution in [0.5, 0.6) is 0 Å². The fourth-order valence-corrected chi connectivity index (χ4v) is 0.834. The van der Waals surface area contributed by atoms with Crippen LogP contribution in [0, 0.1) is 0 Å². The zero-order valence-corrected chi connectivity index (χ0v) is 8.35. The van der Waals surface area contributed by atoms with Gasteiger partial charge >= 0.3 is 12.1 Å². The van der Waals surface area contributed by atoms with Gasteiger partial charge < -0.3 is 4.74 Å². The van der Waals surface area contributed by atoms with Gasteiger partial charge in [0.15, 0.2) is 0 Å². The van der Waals surface area contributed by atoms with Crippen molar-refractivity contribution in [3.05, 3.63) is 11.6 Å². The van der Waals surface area contributed by atoms with Crippen molar-refractivity contribution < 1.29 is 27.5 Å². The molecule has 0 amide bonds. The Balaban J connectivity index is 4.92. The summed E-state index contributed by atoms with van der Waals surface area (Å²) in [4.78, 5) is 21.8. The van der Waals surface area contributed by atoms with Crippen LogP contribution in [0.4, 0.5) is 13.2 Å². The average Bonchev–Trinajstić information content (AvgIpc) is 2.12. The van der Waals surface area contributed by atoms with Crippen LogP contribution in [0.15, 0.2) is 11.6 Å². The van der Waals surface area contributed by atoms with Gasteiger partial charge in [-0.15, -0.1) is 0 Å². The fourth-order valence-electron chi connectivity index (χ4n) is 0.834. The molecule has 0 aromatic heterocycles. The van der Waals surface area contributed by atoms with Crippen molar-refractivity contribution in [1.29, 1.82) is 0 Å². The quantitative estimate of drug-likeness (QED) is 0.317. The Kier molecular flexibility index (Phi) is 5.04. The summed E-state index contributed by atoms with van der Waals surface area (Å²) in [6, 6.07) is 0. The fraction of sp³-hybridized carbons (Fsp3) is 0.556. The molecule has 0 bridgehead atoms. The van der Waals surface area contributed by atoms with Crippen molar-refractivity contribution in [1.82, 2.24) is 0 Å². The molecule has 0 atom stereocenters. The van der Waals surface area contributed by atoms with E-state index in [4.69, 9.17) is 0 Å². The zero-order chi connectivity index (χ0) is 12.1. The van der Waals surface area contributed by atoms with E-state index in [0.29, 0.717) is 0 Å². The third-order valence-electron chi connectivity index (χ3n) is 1.41. The second-order valence-corrected chi connectivity index (χ2v) is 2.57. The summed E-state index contributed by atoms with van der Waals surface area (Å²) in [5, 5.41) is 0. The first-order chi connectivity index (χ1) is 6.84. The second-order valence-electron chi connectivity index (χ2n) is 2.57. The van der Waals surface area contributed by atoms with Gasteiger partial charge in [0.25, 0.3) is 5.78 Å². The lowest BCUT2D eigenvalue weighted by molar-refractivity contribution is -0.168. The van der Waals surface area contributed by atoms with E-state index < -0.39 is 23.5 Å². The van der Waals surface area contributed by atoms with Gasteiger partial charge in [0, 0.05) is 0 Å². The number of hydrogen-bond donors (Lipinski definition) is 0. The molecule has 0 aliphatic rings. The minimum Gasteiger partial charge on any atom is -0.462 e. The highest BCUT2D eigenvalue weighted by molar-refractivity contribution is 6.19. The largest absolute Gasteiger partial charge is 0.462 e. The maximum Gasteiger partial charge on any atom is 0.455 e. The molecule has 0 radical (unpaired) electrons. The summed E-state index contributed by atoms with van der Waals surface area (Å²) in [5.41, 5.74) is -0.952. The lowest BCUT2D eigenvalue weighted by atomic mass is 10.1. The lowest BCUT2D eigenvalue weighted by Gasteiger charge is -2.08. The van der Waals surface area contributed by atoms with Crippen molar-refractivity contribution in [2.45, 2.75) is 26.4 Å². The predicted octanol–water partition coefficient (Wildman–Crippen LogP) is 2.02. The van der Waals surface area contributed by atoms with E-state index >= 15 is 0 Å². The number of carbonyl (C=O) groups excluding carboxylic acids is 2. The smallest absolute Gasteiger partial charge is 0.455 e. The van der Waals surface area contributed by atoms with Crippen molar-refractivity contribution in [2.75, 3.05) is 6.61 Å². The van der Waals surface area contributed by atoms with Gasteiger partial charge in [0.05, 0.1) is 6.61 Å². The summed E-state index contributed by atoms with van der Waals surface area (Å²) in [7, 11) is 0. The standard InChI is InChI=1S/C9H11F3O3/c1-3-5-6(8(14)15-4-2)7(13)9(10,11)12/h5H,3-4H2,1-2H3. The Bertz CT molecular complexity index is 279. The number of esters is 1. The van der Waals surface area contributed by atoms with Crippen molar-refractivity contribution >= 4 is 11.8 Å². The first-order valence-corrected chi connectivity index (χ1v) is 4.33. The lowest BCUT2D eigenvalue weighted by Crippen LogP contribution is -2.29. The first kappa shape index (κ1) is 13.7. The predicted molar refractivity (Wildman–Crippen MR) is 46.1 cm³/mol. The van der Waals surface area contributed by atoms with Crippen molar-refractivity contribution in [2.24, 2.45) is 0 Å². The Morgan fingerprint density at radius 3 is 2.13 bits per heavy atom. The molecular weight excluding hydrogens is 213 g/mol. The van der Waals surface area contributed by atoms with E-state index in [9.17, 15) is 22.8 Å². The monoisotopic (exact) mass is 224 g/mol. The van der Waals surface area contributed by atoms with E-state index in [2.05, 4.69) is 4.74 Å². The molecular formula is C9H11F3O3. The highest BCUT2D eigenvalue weighted by Crippen LogP contribution is 2.21. The van der Waals surface area contributed by atoms with Gasteiger partial charge in [-0.25, -0.2) is 4.79 Å². The van der Waals surface area contributed by atoms with Crippen LogP contribution in [0.3, 0.4) is 0 Å². The molecule has 0 aromatic carbocycles. The van der Waals surface area contributed by atoms with Crippen LogP contribution in [0.2, 0.25) is 0 Å². The molecule has 0 saturated heterocycles. The zero-order valence-electron chi connectivity index (χ0n) is 8.35. The molecule has 0 aliphatic carbocycles. The molecule has 86 valence electrons. The van der Waals surface area contributed by atoms with Crippen LogP contribution in [0.1, 0.15) is 20.3 Å². The van der Waals surface area contributed by atoms with E-state index in [0.717, 1.165) is 6.08 Å². The summed E-state index contributed by atoms with van der Waals surface area (Å²) < 4.78 is 40.4. The highest BCUT2D eigenvalue weighted by Gasteiger charge is 2.43. The molecule has 3 nitrogen and oxygen atoms in total. The molecule has 0 aromatic rings. The average molecular weight is 224 g/mol. The Hall–Kier alpha value is -1.33. The molecule has 0 fully saturated rings. The Morgan fingerprint density at radius 2 is 1.80 bits per heavy atom. The second kappa shape index (κ2) is 5.53. The normalized spacial score (nSPS) is 12.5. The molecule has 6 heteroatoms. The number of hydrogen-bond acceptors (Lipinski definition) is 3. The van der Waals surface area contributed by atoms with Crippen molar-refractivity contribution in [3.63, 3.8) is 0 Å². The highest BCUT2D eigenvalue weighted by atomic mass is 19.4. The Morgan fingerprint density at radius 1 is 1.27 bits per heavy atom. The van der Waals surface area contributed by atoms with Crippen LogP contribution >= 0.6 is 0 Å². The molecule has 0 spiro atoms.